The van der Waals surface area contributed by atoms with Gasteiger partial charge in [0.15, 0.2) is 0 Å². The third kappa shape index (κ3) is 3.90. The van der Waals surface area contributed by atoms with Crippen LogP contribution in [0, 0.1) is 0 Å². The number of piperazine rings is 1. The van der Waals surface area contributed by atoms with E-state index in [0.29, 0.717) is 0 Å². The molecule has 0 radical (unpaired) electrons. The fourth-order valence-electron chi connectivity index (χ4n) is 3.71. The second-order valence-corrected chi connectivity index (χ2v) is 6.42. The van der Waals surface area contributed by atoms with E-state index in [9.17, 15) is 0 Å². The van der Waals surface area contributed by atoms with Crippen LogP contribution in [0.5, 0.6) is 5.75 Å². The van der Waals surface area contributed by atoms with Crippen molar-refractivity contribution in [1.82, 2.24) is 9.80 Å². The topological polar surface area (TPSA) is 15.7 Å². The van der Waals surface area contributed by atoms with Crippen LogP contribution in [0.15, 0.2) is 30.3 Å². The maximum Gasteiger partial charge on any atom is 0.126 e. The number of para-hydroxylation sites is 1. The van der Waals surface area contributed by atoms with Crippen molar-refractivity contribution in [3.8, 4) is 5.75 Å². The molecule has 0 unspecified atom stereocenters. The summed E-state index contributed by atoms with van der Waals surface area (Å²) >= 11 is 0. The number of hydrogen-bond donors (Lipinski definition) is 0. The summed E-state index contributed by atoms with van der Waals surface area (Å²) in [7, 11) is 1.73. The van der Waals surface area contributed by atoms with Crippen molar-refractivity contribution in [2.45, 2.75) is 31.7 Å². The molecule has 3 rings (SSSR count). The number of benzene rings is 1. The minimum Gasteiger partial charge on any atom is -0.496 e. The Balaban J connectivity index is 1.45. The Hall–Kier alpha value is -1.32. The average Bonchev–Trinajstić information content (AvgIpc) is 3.10. The van der Waals surface area contributed by atoms with Gasteiger partial charge in [0.25, 0.3) is 0 Å². The summed E-state index contributed by atoms with van der Waals surface area (Å²) in [5, 5.41) is 0. The molecule has 0 aromatic heterocycles. The van der Waals surface area contributed by atoms with Gasteiger partial charge in [-0.25, -0.2) is 0 Å². The molecule has 0 N–H and O–H groups in total. The van der Waals surface area contributed by atoms with Gasteiger partial charge in [0.1, 0.15) is 5.75 Å². The summed E-state index contributed by atoms with van der Waals surface area (Å²) in [5.41, 5.74) is 1.16. The molecule has 1 aromatic rings. The van der Waals surface area contributed by atoms with Gasteiger partial charge < -0.3 is 4.74 Å². The number of methoxy groups -OCH3 is 1. The Morgan fingerprint density at radius 3 is 2.55 bits per heavy atom. The van der Waals surface area contributed by atoms with E-state index >= 15 is 0 Å². The first-order valence-electron chi connectivity index (χ1n) is 8.63. The molecule has 22 heavy (non-hydrogen) atoms. The molecule has 2 fully saturated rings. The maximum absolute atomic E-state index is 5.39. The van der Waals surface area contributed by atoms with Crippen molar-refractivity contribution < 1.29 is 4.74 Å². The molecular formula is C19H28N2O. The van der Waals surface area contributed by atoms with Gasteiger partial charge in [0.2, 0.25) is 0 Å². The zero-order chi connectivity index (χ0) is 15.2. The normalized spacial score (nSPS) is 21.7. The van der Waals surface area contributed by atoms with Crippen molar-refractivity contribution >= 4 is 6.08 Å². The lowest BCUT2D eigenvalue weighted by molar-refractivity contribution is 0.105. The third-order valence-electron chi connectivity index (χ3n) is 5.05. The van der Waals surface area contributed by atoms with Gasteiger partial charge >= 0.3 is 0 Å². The van der Waals surface area contributed by atoms with Crippen LogP contribution in [-0.2, 0) is 0 Å². The molecule has 1 saturated carbocycles. The monoisotopic (exact) mass is 300 g/mol. The number of ether oxygens (including phenoxy) is 1. The smallest absolute Gasteiger partial charge is 0.126 e. The Bertz CT molecular complexity index is 486. The predicted molar refractivity (Wildman–Crippen MR) is 92.3 cm³/mol. The highest BCUT2D eigenvalue weighted by Crippen LogP contribution is 2.24. The van der Waals surface area contributed by atoms with Gasteiger partial charge in [-0.05, 0) is 18.9 Å². The summed E-state index contributed by atoms with van der Waals surface area (Å²) in [5.74, 6) is 0.949. The van der Waals surface area contributed by atoms with Crippen molar-refractivity contribution in [1.29, 1.82) is 0 Å². The van der Waals surface area contributed by atoms with Gasteiger partial charge in [-0.2, -0.15) is 0 Å². The minimum absolute atomic E-state index is 0.881. The van der Waals surface area contributed by atoms with Gasteiger partial charge in [0, 0.05) is 44.3 Å². The van der Waals surface area contributed by atoms with E-state index in [-0.39, 0.29) is 0 Å². The van der Waals surface area contributed by atoms with Crippen LogP contribution < -0.4 is 4.74 Å². The van der Waals surface area contributed by atoms with Crippen LogP contribution >= 0.6 is 0 Å². The Kier molecular flexibility index (Phi) is 5.52. The van der Waals surface area contributed by atoms with Crippen LogP contribution in [0.2, 0.25) is 0 Å². The standard InChI is InChI=1S/C19H28N2O/c1-22-19-11-5-2-7-17(19)8-6-12-20-13-15-21(16-14-20)18-9-3-4-10-18/h2,5-8,11,18H,3-4,9-10,12-16H2,1H3. The molecule has 0 amide bonds. The Morgan fingerprint density at radius 2 is 1.82 bits per heavy atom. The summed E-state index contributed by atoms with van der Waals surface area (Å²) in [6.07, 6.45) is 10.2. The fraction of sp³-hybridized carbons (Fsp3) is 0.579. The number of nitrogens with zero attached hydrogens (tertiary/aromatic N) is 2. The predicted octanol–water partition coefficient (Wildman–Crippen LogP) is 3.27. The molecule has 120 valence electrons. The second-order valence-electron chi connectivity index (χ2n) is 6.42. The first-order valence-corrected chi connectivity index (χ1v) is 8.63. The quantitative estimate of drug-likeness (QED) is 0.830. The molecule has 1 aliphatic carbocycles. The van der Waals surface area contributed by atoms with Crippen molar-refractivity contribution in [2.24, 2.45) is 0 Å². The lowest BCUT2D eigenvalue weighted by Crippen LogP contribution is -2.49. The number of hydrogen-bond acceptors (Lipinski definition) is 3. The van der Waals surface area contributed by atoms with E-state index < -0.39 is 0 Å². The van der Waals surface area contributed by atoms with Crippen LogP contribution in [0.4, 0.5) is 0 Å². The number of rotatable bonds is 5. The molecule has 0 atom stereocenters. The zero-order valence-corrected chi connectivity index (χ0v) is 13.7. The Labute approximate surface area is 134 Å². The average molecular weight is 300 g/mol. The van der Waals surface area contributed by atoms with Crippen molar-refractivity contribution in [3.05, 3.63) is 35.9 Å². The first kappa shape index (κ1) is 15.6. The van der Waals surface area contributed by atoms with E-state index in [1.807, 2.05) is 12.1 Å². The van der Waals surface area contributed by atoms with E-state index in [1.54, 1.807) is 7.11 Å². The molecular weight excluding hydrogens is 272 g/mol. The van der Waals surface area contributed by atoms with Gasteiger partial charge in [-0.15, -0.1) is 0 Å². The van der Waals surface area contributed by atoms with E-state index in [4.69, 9.17) is 4.74 Å². The van der Waals surface area contributed by atoms with Crippen LogP contribution in [0.3, 0.4) is 0 Å². The fourth-order valence-corrected chi connectivity index (χ4v) is 3.71. The molecule has 1 aliphatic heterocycles. The summed E-state index contributed by atoms with van der Waals surface area (Å²) in [6.45, 7) is 5.93. The largest absolute Gasteiger partial charge is 0.496 e. The molecule has 0 bridgehead atoms. The molecule has 0 spiro atoms. The summed E-state index contributed by atoms with van der Waals surface area (Å²) < 4.78 is 5.39. The molecule has 1 aromatic carbocycles. The van der Waals surface area contributed by atoms with Gasteiger partial charge in [0.05, 0.1) is 7.11 Å². The van der Waals surface area contributed by atoms with Gasteiger partial charge in [-0.1, -0.05) is 43.2 Å². The van der Waals surface area contributed by atoms with Crippen LogP contribution in [0.25, 0.3) is 6.08 Å². The second kappa shape index (κ2) is 7.80. The molecule has 1 saturated heterocycles. The van der Waals surface area contributed by atoms with Crippen LogP contribution in [-0.4, -0.2) is 55.7 Å². The summed E-state index contributed by atoms with van der Waals surface area (Å²) in [4.78, 5) is 5.27. The molecule has 1 heterocycles. The Morgan fingerprint density at radius 1 is 1.09 bits per heavy atom. The molecule has 3 heteroatoms. The maximum atomic E-state index is 5.39. The minimum atomic E-state index is 0.881. The van der Waals surface area contributed by atoms with Crippen molar-refractivity contribution in [3.63, 3.8) is 0 Å². The SMILES string of the molecule is COc1ccccc1C=CCN1CCN(C2CCCC2)CC1. The van der Waals surface area contributed by atoms with E-state index in [1.165, 1.54) is 51.9 Å². The first-order chi connectivity index (χ1) is 10.9. The molecule has 2 aliphatic rings. The highest BCUT2D eigenvalue weighted by Gasteiger charge is 2.25. The molecule has 3 nitrogen and oxygen atoms in total. The highest BCUT2D eigenvalue weighted by molar-refractivity contribution is 5.57. The highest BCUT2D eigenvalue weighted by atomic mass is 16.5. The van der Waals surface area contributed by atoms with E-state index in [0.717, 1.165) is 23.9 Å². The van der Waals surface area contributed by atoms with Gasteiger partial charge in [-0.3, -0.25) is 9.80 Å². The third-order valence-corrected chi connectivity index (χ3v) is 5.05. The van der Waals surface area contributed by atoms with E-state index in [2.05, 4.69) is 34.1 Å². The van der Waals surface area contributed by atoms with Crippen LogP contribution in [0.1, 0.15) is 31.2 Å². The summed E-state index contributed by atoms with van der Waals surface area (Å²) in [6, 6.07) is 9.07. The lowest BCUT2D eigenvalue weighted by Gasteiger charge is -2.37. The lowest BCUT2D eigenvalue weighted by atomic mass is 10.1. The zero-order valence-electron chi connectivity index (χ0n) is 13.7. The van der Waals surface area contributed by atoms with Crippen molar-refractivity contribution in [2.75, 3.05) is 39.8 Å².